The zero-order valence-electron chi connectivity index (χ0n) is 16.3. The maximum Gasteiger partial charge on any atom is 0.407 e. The number of carboxylic acids is 1. The number of benzene rings is 2. The Morgan fingerprint density at radius 1 is 1.00 bits per heavy atom. The van der Waals surface area contributed by atoms with E-state index in [1.54, 1.807) is 18.5 Å². The molecule has 1 aliphatic carbocycles. The van der Waals surface area contributed by atoms with Gasteiger partial charge in [0.1, 0.15) is 6.61 Å². The van der Waals surface area contributed by atoms with E-state index in [2.05, 4.69) is 34.6 Å². The maximum atomic E-state index is 12.6. The Bertz CT molecular complexity index is 1010. The summed E-state index contributed by atoms with van der Waals surface area (Å²) in [6.45, 7) is 0.207. The number of hydrogen-bond donors (Lipinski definition) is 2. The van der Waals surface area contributed by atoms with Gasteiger partial charge in [0.05, 0.1) is 6.04 Å². The van der Waals surface area contributed by atoms with Crippen molar-refractivity contribution in [2.24, 2.45) is 0 Å². The van der Waals surface area contributed by atoms with Gasteiger partial charge in [-0.15, -0.1) is 0 Å². The van der Waals surface area contributed by atoms with Gasteiger partial charge in [0.2, 0.25) is 0 Å². The second-order valence-corrected chi connectivity index (χ2v) is 7.24. The minimum absolute atomic E-state index is 0.0287. The van der Waals surface area contributed by atoms with Crippen LogP contribution in [0.15, 0.2) is 73.1 Å². The lowest BCUT2D eigenvalue weighted by atomic mass is 9.98. The van der Waals surface area contributed by atoms with E-state index in [-0.39, 0.29) is 25.4 Å². The molecule has 0 aliphatic heterocycles. The summed E-state index contributed by atoms with van der Waals surface area (Å²) in [5.41, 5.74) is 5.35. The highest BCUT2D eigenvalue weighted by atomic mass is 16.5. The Kier molecular flexibility index (Phi) is 5.75. The molecule has 2 aromatic carbocycles. The Morgan fingerprint density at radius 3 is 2.27 bits per heavy atom. The summed E-state index contributed by atoms with van der Waals surface area (Å²) in [7, 11) is 0. The number of nitrogens with zero attached hydrogens (tertiary/aromatic N) is 1. The molecule has 1 atom stereocenters. The number of amides is 1. The monoisotopic (exact) mass is 402 g/mol. The summed E-state index contributed by atoms with van der Waals surface area (Å²) in [4.78, 5) is 27.6. The standard InChI is InChI=1S/C24H22N2O4/c27-23(28)12-11-22(16-6-5-13-25-14-16)26-24(29)30-15-21-19-9-3-1-7-17(19)18-8-2-4-10-20(18)21/h1-10,13-14,21-22H,11-12,15H2,(H,26,29)(H,27,28). The molecule has 0 saturated heterocycles. The van der Waals surface area contributed by atoms with Crippen LogP contribution in [0.3, 0.4) is 0 Å². The van der Waals surface area contributed by atoms with Crippen molar-refractivity contribution in [3.8, 4) is 11.1 Å². The second kappa shape index (κ2) is 8.78. The number of nitrogens with one attached hydrogen (secondary N) is 1. The number of aromatic nitrogens is 1. The van der Waals surface area contributed by atoms with Gasteiger partial charge in [-0.2, -0.15) is 0 Å². The maximum absolute atomic E-state index is 12.6. The fraction of sp³-hybridized carbons (Fsp3) is 0.208. The molecule has 1 heterocycles. The second-order valence-electron chi connectivity index (χ2n) is 7.24. The first-order valence-electron chi connectivity index (χ1n) is 9.86. The van der Waals surface area contributed by atoms with Crippen molar-refractivity contribution in [2.45, 2.75) is 24.8 Å². The van der Waals surface area contributed by atoms with Gasteiger partial charge in [0.25, 0.3) is 0 Å². The Balaban J connectivity index is 1.45. The molecule has 1 aromatic heterocycles. The van der Waals surface area contributed by atoms with Crippen LogP contribution in [0.2, 0.25) is 0 Å². The zero-order chi connectivity index (χ0) is 20.9. The molecule has 0 fully saturated rings. The van der Waals surface area contributed by atoms with Crippen LogP contribution in [0.5, 0.6) is 0 Å². The van der Waals surface area contributed by atoms with Gasteiger partial charge in [-0.25, -0.2) is 4.79 Å². The van der Waals surface area contributed by atoms with Crippen LogP contribution in [0, 0.1) is 0 Å². The third-order valence-corrected chi connectivity index (χ3v) is 5.37. The van der Waals surface area contributed by atoms with Crippen LogP contribution < -0.4 is 5.32 Å². The van der Waals surface area contributed by atoms with Gasteiger partial charge in [-0.3, -0.25) is 9.78 Å². The molecule has 3 aromatic rings. The first-order chi connectivity index (χ1) is 14.6. The SMILES string of the molecule is O=C(O)CCC(NC(=O)OCC1c2ccccc2-c2ccccc21)c1cccnc1. The molecule has 0 spiro atoms. The van der Waals surface area contributed by atoms with Gasteiger partial charge in [-0.1, -0.05) is 54.6 Å². The zero-order valence-corrected chi connectivity index (χ0v) is 16.3. The van der Waals surface area contributed by atoms with Crippen molar-refractivity contribution in [1.82, 2.24) is 10.3 Å². The smallest absolute Gasteiger partial charge is 0.407 e. The summed E-state index contributed by atoms with van der Waals surface area (Å²) in [5, 5.41) is 11.8. The van der Waals surface area contributed by atoms with E-state index >= 15 is 0 Å². The van der Waals surface area contributed by atoms with Gasteiger partial charge in [-0.05, 0) is 40.3 Å². The molecule has 0 radical (unpaired) electrons. The number of pyridine rings is 1. The van der Waals surface area contributed by atoms with Gasteiger partial charge in [0, 0.05) is 24.7 Å². The summed E-state index contributed by atoms with van der Waals surface area (Å²) < 4.78 is 5.58. The lowest BCUT2D eigenvalue weighted by Gasteiger charge is -2.19. The van der Waals surface area contributed by atoms with Crippen molar-refractivity contribution in [3.05, 3.63) is 89.7 Å². The van der Waals surface area contributed by atoms with Crippen molar-refractivity contribution in [3.63, 3.8) is 0 Å². The summed E-state index contributed by atoms with van der Waals surface area (Å²) in [5.74, 6) is -0.947. The van der Waals surface area contributed by atoms with Crippen LogP contribution in [0.4, 0.5) is 4.79 Å². The highest BCUT2D eigenvalue weighted by Gasteiger charge is 2.29. The summed E-state index contributed by atoms with van der Waals surface area (Å²) in [6.07, 6.45) is 2.87. The Morgan fingerprint density at radius 2 is 1.67 bits per heavy atom. The molecule has 1 amide bonds. The fourth-order valence-corrected chi connectivity index (χ4v) is 3.95. The van der Waals surface area contributed by atoms with Crippen LogP contribution in [0.1, 0.15) is 41.5 Å². The van der Waals surface area contributed by atoms with Crippen LogP contribution in [-0.2, 0) is 9.53 Å². The number of alkyl carbamates (subject to hydrolysis) is 1. The molecular weight excluding hydrogens is 380 g/mol. The quantitative estimate of drug-likeness (QED) is 0.606. The van der Waals surface area contributed by atoms with Crippen molar-refractivity contribution in [1.29, 1.82) is 0 Å². The number of fused-ring (bicyclic) bond motifs is 3. The third kappa shape index (κ3) is 4.17. The van der Waals surface area contributed by atoms with Crippen molar-refractivity contribution >= 4 is 12.1 Å². The minimum Gasteiger partial charge on any atom is -0.481 e. The van der Waals surface area contributed by atoms with E-state index < -0.39 is 18.1 Å². The lowest BCUT2D eigenvalue weighted by Crippen LogP contribution is -2.30. The van der Waals surface area contributed by atoms with Crippen molar-refractivity contribution < 1.29 is 19.4 Å². The first-order valence-corrected chi connectivity index (χ1v) is 9.86. The average molecular weight is 402 g/mol. The summed E-state index contributed by atoms with van der Waals surface area (Å²) in [6, 6.07) is 19.4. The Labute approximate surface area is 174 Å². The molecule has 1 aliphatic rings. The van der Waals surface area contributed by atoms with Crippen molar-refractivity contribution in [2.75, 3.05) is 6.61 Å². The van der Waals surface area contributed by atoms with E-state index in [1.807, 2.05) is 30.3 Å². The molecule has 30 heavy (non-hydrogen) atoms. The number of hydrogen-bond acceptors (Lipinski definition) is 4. The number of aliphatic carboxylic acids is 1. The van der Waals surface area contributed by atoms with Crippen LogP contribution in [0.25, 0.3) is 11.1 Å². The molecule has 6 heteroatoms. The topological polar surface area (TPSA) is 88.5 Å². The van der Waals surface area contributed by atoms with Crippen LogP contribution >= 0.6 is 0 Å². The number of carboxylic acid groups (broad SMARTS) is 1. The molecule has 152 valence electrons. The predicted molar refractivity (Wildman–Crippen MR) is 112 cm³/mol. The summed E-state index contributed by atoms with van der Waals surface area (Å²) >= 11 is 0. The highest BCUT2D eigenvalue weighted by molar-refractivity contribution is 5.79. The largest absolute Gasteiger partial charge is 0.481 e. The van der Waals surface area contributed by atoms with Crippen LogP contribution in [-0.4, -0.2) is 28.8 Å². The number of rotatable bonds is 7. The van der Waals surface area contributed by atoms with Gasteiger partial charge < -0.3 is 15.2 Å². The average Bonchev–Trinajstić information content (AvgIpc) is 3.09. The van der Waals surface area contributed by atoms with Gasteiger partial charge in [0.15, 0.2) is 0 Å². The molecular formula is C24H22N2O4. The highest BCUT2D eigenvalue weighted by Crippen LogP contribution is 2.44. The van der Waals surface area contributed by atoms with E-state index in [9.17, 15) is 9.59 Å². The van der Waals surface area contributed by atoms with E-state index in [1.165, 1.54) is 0 Å². The fourth-order valence-electron chi connectivity index (χ4n) is 3.95. The molecule has 6 nitrogen and oxygen atoms in total. The minimum atomic E-state index is -0.918. The van der Waals surface area contributed by atoms with E-state index in [4.69, 9.17) is 9.84 Å². The van der Waals surface area contributed by atoms with Gasteiger partial charge >= 0.3 is 12.1 Å². The first kappa shape index (κ1) is 19.6. The number of ether oxygens (including phenoxy) is 1. The third-order valence-electron chi connectivity index (χ3n) is 5.37. The molecule has 4 rings (SSSR count). The molecule has 1 unspecified atom stereocenters. The van der Waals surface area contributed by atoms with E-state index in [0.717, 1.165) is 27.8 Å². The number of carbonyl (C=O) groups is 2. The van der Waals surface area contributed by atoms with E-state index in [0.29, 0.717) is 0 Å². The number of carbonyl (C=O) groups excluding carboxylic acids is 1. The predicted octanol–water partition coefficient (Wildman–Crippen LogP) is 4.53. The molecule has 0 saturated carbocycles. The molecule has 0 bridgehead atoms. The molecule has 2 N–H and O–H groups in total. The lowest BCUT2D eigenvalue weighted by molar-refractivity contribution is -0.137. The Hall–Kier alpha value is -3.67. The normalized spacial score (nSPS) is 13.2.